The summed E-state index contributed by atoms with van der Waals surface area (Å²) in [4.78, 5) is 37.9. The third kappa shape index (κ3) is 8.10. The Morgan fingerprint density at radius 1 is 1.02 bits per heavy atom. The lowest BCUT2D eigenvalue weighted by Gasteiger charge is -2.31. The van der Waals surface area contributed by atoms with Gasteiger partial charge < -0.3 is 39.2 Å². The molecule has 2 amide bonds. The summed E-state index contributed by atoms with van der Waals surface area (Å²) in [6.07, 6.45) is 2.97. The van der Waals surface area contributed by atoms with E-state index in [2.05, 4.69) is 25.6 Å². The van der Waals surface area contributed by atoms with Gasteiger partial charge in [-0.1, -0.05) is 0 Å². The number of imidazole rings is 1. The fourth-order valence-corrected chi connectivity index (χ4v) is 9.24. The first-order chi connectivity index (χ1) is 19.6. The van der Waals surface area contributed by atoms with E-state index < -0.39 is 39.0 Å². The summed E-state index contributed by atoms with van der Waals surface area (Å²) in [7, 11) is -8.26. The molecule has 4 N–H and O–H groups in total. The van der Waals surface area contributed by atoms with Crippen molar-refractivity contribution in [3.63, 3.8) is 0 Å². The van der Waals surface area contributed by atoms with Gasteiger partial charge in [-0.05, 0) is 47.0 Å². The molecule has 2 atom stereocenters. The quantitative estimate of drug-likeness (QED) is 0.172. The second-order valence-corrected chi connectivity index (χ2v) is 13.5. The molecule has 2 aromatic heterocycles. The number of carbonyl (C=O) groups is 2. The van der Waals surface area contributed by atoms with Gasteiger partial charge in [0.25, 0.3) is 0 Å². The molecule has 0 aliphatic carbocycles. The van der Waals surface area contributed by atoms with E-state index in [-0.39, 0.29) is 57.5 Å². The van der Waals surface area contributed by atoms with E-state index in [1.807, 2.05) is 0 Å². The molecule has 0 spiro atoms. The fourth-order valence-electron chi connectivity index (χ4n) is 4.30. The summed E-state index contributed by atoms with van der Waals surface area (Å²) < 4.78 is 56.1. The lowest BCUT2D eigenvalue weighted by molar-refractivity contribution is -0.134. The van der Waals surface area contributed by atoms with Crippen LogP contribution in [0, 0.1) is 0 Å². The van der Waals surface area contributed by atoms with Crippen LogP contribution in [0.15, 0.2) is 12.7 Å². The Morgan fingerprint density at radius 2 is 1.63 bits per heavy atom. The van der Waals surface area contributed by atoms with Crippen molar-refractivity contribution in [2.24, 2.45) is 0 Å². The highest BCUT2D eigenvalue weighted by Gasteiger charge is 2.52. The number of amides is 2. The van der Waals surface area contributed by atoms with Gasteiger partial charge in [-0.15, -0.1) is 0 Å². The van der Waals surface area contributed by atoms with Crippen LogP contribution in [-0.2, 0) is 41.6 Å². The number of anilines is 1. The van der Waals surface area contributed by atoms with Crippen LogP contribution < -0.4 is 16.4 Å². The maximum Gasteiger partial charge on any atom is 0.365 e. The summed E-state index contributed by atoms with van der Waals surface area (Å²) >= 11 is 0. The van der Waals surface area contributed by atoms with Gasteiger partial charge in [0.1, 0.15) is 24.2 Å². The smallest absolute Gasteiger partial charge is 0.365 e. The third-order valence-electron chi connectivity index (χ3n) is 5.99. The van der Waals surface area contributed by atoms with Gasteiger partial charge in [0, 0.05) is 13.0 Å². The van der Waals surface area contributed by atoms with E-state index in [0.29, 0.717) is 24.0 Å². The van der Waals surface area contributed by atoms with Crippen molar-refractivity contribution in [2.45, 2.75) is 71.2 Å². The lowest BCUT2D eigenvalue weighted by Crippen LogP contribution is -2.38. The van der Waals surface area contributed by atoms with E-state index in [1.54, 1.807) is 38.6 Å². The molecule has 0 bridgehead atoms. The molecule has 2 aromatic rings. The van der Waals surface area contributed by atoms with Gasteiger partial charge >= 0.3 is 15.2 Å². The van der Waals surface area contributed by atoms with E-state index >= 15 is 0 Å². The summed E-state index contributed by atoms with van der Waals surface area (Å²) in [5, 5.41) is 5.25. The van der Waals surface area contributed by atoms with Crippen molar-refractivity contribution in [3.05, 3.63) is 12.7 Å². The Bertz CT molecular complexity index is 1230. The zero-order valence-corrected chi connectivity index (χ0v) is 25.5. The molecule has 1 saturated heterocycles. The average Bonchev–Trinajstić information content (AvgIpc) is 3.58. The Balaban J connectivity index is 1.54. The molecule has 1 aliphatic rings. The van der Waals surface area contributed by atoms with Crippen molar-refractivity contribution < 1.29 is 41.6 Å². The first-order valence-corrected chi connectivity index (χ1v) is 16.8. The van der Waals surface area contributed by atoms with Crippen molar-refractivity contribution >= 4 is 44.0 Å². The number of hydrogen-bond donors (Lipinski definition) is 3. The number of aromatic nitrogens is 4. The molecule has 18 heteroatoms. The van der Waals surface area contributed by atoms with Crippen LogP contribution in [-0.4, -0.2) is 75.9 Å². The monoisotopic (exact) mass is 619 g/mol. The zero-order chi connectivity index (χ0) is 30.0. The Morgan fingerprint density at radius 3 is 2.22 bits per heavy atom. The molecule has 1 aliphatic heterocycles. The highest BCUT2D eigenvalue weighted by atomic mass is 31.2. The minimum absolute atomic E-state index is 0.0170. The van der Waals surface area contributed by atoms with Gasteiger partial charge in [-0.2, -0.15) is 0 Å². The zero-order valence-electron chi connectivity index (χ0n) is 23.7. The Kier molecular flexibility index (Phi) is 12.2. The molecule has 0 radical (unpaired) electrons. The first kappa shape index (κ1) is 33.1. The number of ether oxygens (including phenoxy) is 1. The predicted molar refractivity (Wildman–Crippen MR) is 149 cm³/mol. The molecule has 3 rings (SSSR count). The summed E-state index contributed by atoms with van der Waals surface area (Å²) in [6.45, 7) is 6.48. The van der Waals surface area contributed by atoms with Gasteiger partial charge in [0.05, 0.1) is 32.8 Å². The van der Waals surface area contributed by atoms with Crippen molar-refractivity contribution in [2.75, 3.05) is 38.7 Å². The molecule has 230 valence electrons. The predicted octanol–water partition coefficient (Wildman–Crippen LogP) is 2.91. The van der Waals surface area contributed by atoms with Crippen molar-refractivity contribution in [1.29, 1.82) is 0 Å². The largest absolute Gasteiger partial charge is 0.382 e. The van der Waals surface area contributed by atoms with Gasteiger partial charge in [0.2, 0.25) is 17.3 Å². The molecule has 41 heavy (non-hydrogen) atoms. The van der Waals surface area contributed by atoms with E-state index in [9.17, 15) is 18.7 Å². The van der Waals surface area contributed by atoms with Crippen LogP contribution in [0.5, 0.6) is 0 Å². The Labute approximate surface area is 238 Å². The highest BCUT2D eigenvalue weighted by Crippen LogP contribution is 2.69. The third-order valence-corrected chi connectivity index (χ3v) is 11.6. The molecule has 0 unspecified atom stereocenters. The minimum atomic E-state index is -4.13. The van der Waals surface area contributed by atoms with Crippen LogP contribution in [0.2, 0.25) is 0 Å². The van der Waals surface area contributed by atoms with Crippen LogP contribution in [0.25, 0.3) is 11.2 Å². The number of fused-ring (bicyclic) bond motifs is 1. The van der Waals surface area contributed by atoms with Gasteiger partial charge in [-0.25, -0.2) is 15.0 Å². The molecule has 0 aromatic carbocycles. The van der Waals surface area contributed by atoms with E-state index in [1.165, 1.54) is 6.33 Å². The van der Waals surface area contributed by atoms with Crippen molar-refractivity contribution in [3.8, 4) is 0 Å². The summed E-state index contributed by atoms with van der Waals surface area (Å²) in [5.41, 5.74) is 5.17. The number of rotatable bonds is 17. The van der Waals surface area contributed by atoms with E-state index in [0.717, 1.165) is 0 Å². The standard InChI is InChI=1S/C23H39N7O9P2/c1-5-35-40(33,36-6-2)23(41(34,37-7-3)38-8-4)29-17(31)10-9-13-25-22(32)16-11-12-18(39-16)30-15-28-19-20(24)26-14-27-21(19)30/h14-16,18,23H,5-13H2,1-4H3,(H,25,32)(H,29,31)(H2,24,26,27)/t16-,18+/m0/s1. The number of carbonyl (C=O) groups excluding carboxylic acids is 2. The molecule has 0 saturated carbocycles. The number of nitrogens with two attached hydrogens (primary N) is 1. The van der Waals surface area contributed by atoms with Crippen LogP contribution in [0.1, 0.15) is 59.6 Å². The van der Waals surface area contributed by atoms with Gasteiger partial charge in [0.15, 0.2) is 11.5 Å². The molecular formula is C23H39N7O9P2. The van der Waals surface area contributed by atoms with Crippen molar-refractivity contribution in [1.82, 2.24) is 30.2 Å². The average molecular weight is 620 g/mol. The summed E-state index contributed by atoms with van der Waals surface area (Å²) in [5.74, 6) is -0.652. The maximum absolute atomic E-state index is 13.5. The number of hydrogen-bond acceptors (Lipinski definition) is 13. The molecular weight excluding hydrogens is 580 g/mol. The SMILES string of the molecule is CCOP(=O)(OCC)C(NC(=O)CCCNC(=O)[C@@H]1CC[C@H](n2cnc3c(N)ncnc32)O1)P(=O)(OCC)OCC. The van der Waals surface area contributed by atoms with Crippen LogP contribution in [0.4, 0.5) is 5.82 Å². The van der Waals surface area contributed by atoms with Crippen LogP contribution in [0.3, 0.4) is 0 Å². The molecule has 1 fully saturated rings. The lowest BCUT2D eigenvalue weighted by atomic mass is 10.2. The second kappa shape index (κ2) is 15.1. The van der Waals surface area contributed by atoms with Gasteiger partial charge in [-0.3, -0.25) is 23.3 Å². The number of nitrogen functional groups attached to an aromatic ring is 1. The van der Waals surface area contributed by atoms with Crippen LogP contribution >= 0.6 is 15.2 Å². The van der Waals surface area contributed by atoms with E-state index in [4.69, 9.17) is 28.6 Å². The minimum Gasteiger partial charge on any atom is -0.382 e. The maximum atomic E-state index is 13.5. The molecule has 3 heterocycles. The number of nitrogens with one attached hydrogen (secondary N) is 2. The normalized spacial score (nSPS) is 17.8. The second-order valence-electron chi connectivity index (χ2n) is 8.83. The Hall–Kier alpha value is -2.45. The topological polar surface area (TPSA) is 208 Å². The number of nitrogens with zero attached hydrogens (tertiary/aromatic N) is 4. The molecule has 16 nitrogen and oxygen atoms in total. The fraction of sp³-hybridized carbons (Fsp3) is 0.696. The highest BCUT2D eigenvalue weighted by molar-refractivity contribution is 7.72. The summed E-state index contributed by atoms with van der Waals surface area (Å²) in [6, 6.07) is 0. The first-order valence-electron chi connectivity index (χ1n) is 13.5.